The molecule has 0 aliphatic carbocycles. The van der Waals surface area contributed by atoms with Gasteiger partial charge in [0.15, 0.2) is 0 Å². The van der Waals surface area contributed by atoms with Crippen LogP contribution in [0.15, 0.2) is 18.2 Å². The number of nitro benzene ring substituents is 1. The van der Waals surface area contributed by atoms with Crippen LogP contribution in [0.4, 0.5) is 10.1 Å². The minimum absolute atomic E-state index is 0.0414. The molecule has 0 bridgehead atoms. The van der Waals surface area contributed by atoms with Gasteiger partial charge in [-0.15, -0.1) is 0 Å². The summed E-state index contributed by atoms with van der Waals surface area (Å²) >= 11 is 0. The minimum Gasteiger partial charge on any atom is -0.368 e. The summed E-state index contributed by atoms with van der Waals surface area (Å²) in [6.07, 6.45) is 0.188. The lowest BCUT2D eigenvalue weighted by molar-refractivity contribution is -0.387. The molecule has 120 valence electrons. The molecule has 0 radical (unpaired) electrons. The largest absolute Gasteiger partial charge is 0.368 e. The summed E-state index contributed by atoms with van der Waals surface area (Å²) in [5, 5.41) is 13.2. The second kappa shape index (κ2) is 7.48. The van der Waals surface area contributed by atoms with E-state index in [1.54, 1.807) is 0 Å². The zero-order valence-corrected chi connectivity index (χ0v) is 12.3. The summed E-state index contributed by atoms with van der Waals surface area (Å²) in [4.78, 5) is 33.0. The van der Waals surface area contributed by atoms with Gasteiger partial charge in [0.1, 0.15) is 6.04 Å². The molecule has 3 N–H and O–H groups in total. The molecule has 7 nitrogen and oxygen atoms in total. The van der Waals surface area contributed by atoms with Gasteiger partial charge < -0.3 is 11.1 Å². The van der Waals surface area contributed by atoms with Crippen molar-refractivity contribution in [2.24, 2.45) is 11.7 Å². The molecule has 0 unspecified atom stereocenters. The molecular formula is C14H18FN3O4. The van der Waals surface area contributed by atoms with Gasteiger partial charge in [0.05, 0.1) is 4.92 Å². The second-order valence-corrected chi connectivity index (χ2v) is 5.37. The van der Waals surface area contributed by atoms with E-state index in [1.165, 1.54) is 6.07 Å². The van der Waals surface area contributed by atoms with Gasteiger partial charge in [-0.3, -0.25) is 19.7 Å². The third-order valence-corrected chi connectivity index (χ3v) is 2.92. The Morgan fingerprint density at radius 3 is 2.55 bits per heavy atom. The number of halogens is 1. The van der Waals surface area contributed by atoms with E-state index in [4.69, 9.17) is 5.73 Å². The van der Waals surface area contributed by atoms with E-state index < -0.39 is 28.4 Å². The Hall–Kier alpha value is -2.51. The molecule has 0 fully saturated rings. The maximum Gasteiger partial charge on any atom is 0.305 e. The van der Waals surface area contributed by atoms with Crippen molar-refractivity contribution in [2.75, 3.05) is 0 Å². The quantitative estimate of drug-likeness (QED) is 0.583. The predicted octanol–water partition coefficient (Wildman–Crippen LogP) is 1.29. The Kier molecular flexibility index (Phi) is 5.97. The molecule has 1 atom stereocenters. The average molecular weight is 311 g/mol. The zero-order chi connectivity index (χ0) is 16.9. The normalized spacial score (nSPS) is 12.0. The molecule has 0 spiro atoms. The molecule has 22 heavy (non-hydrogen) atoms. The average Bonchev–Trinajstić information content (AvgIpc) is 2.38. The standard InChI is InChI=1S/C14H18FN3O4/c1-8(2)5-13(19)17-11(14(16)20)6-9-3-4-10(15)12(7-9)18(21)22/h3-4,7-8,11H,5-6H2,1-2H3,(H2,16,20)(H,17,19)/t11-/m0/s1. The van der Waals surface area contributed by atoms with Crippen molar-refractivity contribution in [1.82, 2.24) is 5.32 Å². The number of carbonyl (C=O) groups excluding carboxylic acids is 2. The fourth-order valence-corrected chi connectivity index (χ4v) is 1.91. The molecule has 1 aromatic carbocycles. The van der Waals surface area contributed by atoms with Gasteiger partial charge in [-0.05, 0) is 17.5 Å². The lowest BCUT2D eigenvalue weighted by Gasteiger charge is -2.16. The van der Waals surface area contributed by atoms with Gasteiger partial charge in [-0.1, -0.05) is 19.9 Å². The van der Waals surface area contributed by atoms with Crippen LogP contribution >= 0.6 is 0 Å². The highest BCUT2D eigenvalue weighted by molar-refractivity contribution is 5.86. The van der Waals surface area contributed by atoms with E-state index in [0.29, 0.717) is 5.56 Å². The van der Waals surface area contributed by atoms with E-state index >= 15 is 0 Å². The molecule has 8 heteroatoms. The summed E-state index contributed by atoms with van der Waals surface area (Å²) in [7, 11) is 0. The Bertz CT molecular complexity index is 589. The number of nitrogens with one attached hydrogen (secondary N) is 1. The van der Waals surface area contributed by atoms with Crippen molar-refractivity contribution in [3.8, 4) is 0 Å². The molecule has 0 aromatic heterocycles. The lowest BCUT2D eigenvalue weighted by Crippen LogP contribution is -2.46. The Morgan fingerprint density at radius 2 is 2.05 bits per heavy atom. The van der Waals surface area contributed by atoms with Gasteiger partial charge in [0.2, 0.25) is 17.6 Å². The number of hydrogen-bond acceptors (Lipinski definition) is 4. The van der Waals surface area contributed by atoms with Crippen molar-refractivity contribution < 1.29 is 18.9 Å². The maximum atomic E-state index is 13.3. The molecule has 2 amide bonds. The highest BCUT2D eigenvalue weighted by atomic mass is 19.1. The number of hydrogen-bond donors (Lipinski definition) is 2. The number of benzene rings is 1. The van der Waals surface area contributed by atoms with Crippen LogP contribution in [0.3, 0.4) is 0 Å². The number of carbonyl (C=O) groups is 2. The number of nitro groups is 1. The fraction of sp³-hybridized carbons (Fsp3) is 0.429. The predicted molar refractivity (Wildman–Crippen MR) is 77.3 cm³/mol. The van der Waals surface area contributed by atoms with Crippen LogP contribution in [0.1, 0.15) is 25.8 Å². The number of amides is 2. The van der Waals surface area contributed by atoms with E-state index in [-0.39, 0.29) is 24.7 Å². The number of rotatable bonds is 7. The minimum atomic E-state index is -1.00. The van der Waals surface area contributed by atoms with E-state index in [0.717, 1.165) is 12.1 Å². The van der Waals surface area contributed by atoms with E-state index in [1.807, 2.05) is 13.8 Å². The first-order valence-electron chi connectivity index (χ1n) is 6.72. The first-order valence-corrected chi connectivity index (χ1v) is 6.72. The van der Waals surface area contributed by atoms with Gasteiger partial charge in [-0.25, -0.2) is 0 Å². The molecule has 0 saturated carbocycles. The summed E-state index contributed by atoms with van der Waals surface area (Å²) < 4.78 is 13.3. The van der Waals surface area contributed by atoms with Gasteiger partial charge in [0, 0.05) is 18.9 Å². The highest BCUT2D eigenvalue weighted by Gasteiger charge is 2.21. The monoisotopic (exact) mass is 311 g/mol. The van der Waals surface area contributed by atoms with Crippen molar-refractivity contribution in [2.45, 2.75) is 32.7 Å². The molecule has 0 aliphatic heterocycles. The summed E-state index contributed by atoms with van der Waals surface area (Å²) in [6, 6.07) is 2.28. The topological polar surface area (TPSA) is 115 Å². The van der Waals surface area contributed by atoms with Gasteiger partial charge in [0.25, 0.3) is 0 Å². The van der Waals surface area contributed by atoms with Gasteiger partial charge in [-0.2, -0.15) is 4.39 Å². The molecular weight excluding hydrogens is 293 g/mol. The molecule has 0 aliphatic rings. The second-order valence-electron chi connectivity index (χ2n) is 5.37. The maximum absolute atomic E-state index is 13.3. The van der Waals surface area contributed by atoms with Crippen LogP contribution in [0.2, 0.25) is 0 Å². The fourth-order valence-electron chi connectivity index (χ4n) is 1.91. The van der Waals surface area contributed by atoms with Crippen molar-refractivity contribution in [3.05, 3.63) is 39.7 Å². The van der Waals surface area contributed by atoms with Crippen LogP contribution in [0.25, 0.3) is 0 Å². The number of nitrogens with two attached hydrogens (primary N) is 1. The highest BCUT2D eigenvalue weighted by Crippen LogP contribution is 2.19. The van der Waals surface area contributed by atoms with Gasteiger partial charge >= 0.3 is 5.69 Å². The van der Waals surface area contributed by atoms with Crippen molar-refractivity contribution >= 4 is 17.5 Å². The third kappa shape index (κ3) is 5.12. The third-order valence-electron chi connectivity index (χ3n) is 2.92. The van der Waals surface area contributed by atoms with Crippen molar-refractivity contribution in [3.63, 3.8) is 0 Å². The molecule has 0 saturated heterocycles. The van der Waals surface area contributed by atoms with E-state index in [9.17, 15) is 24.1 Å². The zero-order valence-electron chi connectivity index (χ0n) is 12.3. The molecule has 0 heterocycles. The first kappa shape index (κ1) is 17.5. The number of primary amides is 1. The Balaban J connectivity index is 2.88. The van der Waals surface area contributed by atoms with Crippen LogP contribution < -0.4 is 11.1 Å². The van der Waals surface area contributed by atoms with Crippen LogP contribution in [-0.4, -0.2) is 22.8 Å². The molecule has 1 rings (SSSR count). The van der Waals surface area contributed by atoms with Crippen LogP contribution in [0, 0.1) is 21.8 Å². The Morgan fingerprint density at radius 1 is 1.41 bits per heavy atom. The SMILES string of the molecule is CC(C)CC(=O)N[C@@H](Cc1ccc(F)c([N+](=O)[O-])c1)C(N)=O. The Labute approximate surface area is 126 Å². The van der Waals surface area contributed by atoms with Crippen LogP contribution in [0.5, 0.6) is 0 Å². The lowest BCUT2D eigenvalue weighted by atomic mass is 10.0. The van der Waals surface area contributed by atoms with E-state index in [2.05, 4.69) is 5.32 Å². The first-order chi connectivity index (χ1) is 10.2. The number of nitrogens with zero attached hydrogens (tertiary/aromatic N) is 1. The summed E-state index contributed by atoms with van der Waals surface area (Å²) in [6.45, 7) is 3.70. The van der Waals surface area contributed by atoms with Crippen molar-refractivity contribution in [1.29, 1.82) is 0 Å². The smallest absolute Gasteiger partial charge is 0.305 e. The summed E-state index contributed by atoms with van der Waals surface area (Å²) in [5.41, 5.74) is 4.88. The van der Waals surface area contributed by atoms with Crippen LogP contribution in [-0.2, 0) is 16.0 Å². The summed E-state index contributed by atoms with van der Waals surface area (Å²) in [5.74, 6) is -1.95. The molecule has 1 aromatic rings.